The molecule has 0 unspecified atom stereocenters. The van der Waals surface area contributed by atoms with E-state index in [1.54, 1.807) is 44.6 Å². The number of ether oxygens (including phenoxy) is 2. The Morgan fingerprint density at radius 3 is 2.68 bits per heavy atom. The molecule has 0 atom stereocenters. The molecular weight excluding hydrogens is 436 g/mol. The molecule has 1 heterocycles. The second kappa shape index (κ2) is 10.3. The molecule has 9 heteroatoms. The van der Waals surface area contributed by atoms with E-state index in [1.807, 2.05) is 6.07 Å². The molecule has 0 aliphatic carbocycles. The van der Waals surface area contributed by atoms with Crippen molar-refractivity contribution in [2.45, 2.75) is 12.8 Å². The molecule has 0 saturated carbocycles. The number of rotatable bonds is 8. The molecule has 0 spiro atoms. The van der Waals surface area contributed by atoms with Crippen molar-refractivity contribution in [2.24, 2.45) is 0 Å². The lowest BCUT2D eigenvalue weighted by molar-refractivity contribution is -0.122. The number of aromatic hydroxyl groups is 1. The second-order valence-electron chi connectivity index (χ2n) is 6.65. The van der Waals surface area contributed by atoms with Crippen LogP contribution in [0.4, 0.5) is 5.69 Å². The summed E-state index contributed by atoms with van der Waals surface area (Å²) in [5.74, 6) is 0.882. The third-order valence-electron chi connectivity index (χ3n) is 4.49. The van der Waals surface area contributed by atoms with Crippen LogP contribution in [-0.2, 0) is 9.59 Å². The first-order valence-corrected chi connectivity index (χ1v) is 10.7. The molecule has 0 bridgehead atoms. The molecule has 1 saturated heterocycles. The summed E-state index contributed by atoms with van der Waals surface area (Å²) in [5, 5.41) is 12.2. The van der Waals surface area contributed by atoms with Crippen LogP contribution in [0.15, 0.2) is 47.4 Å². The van der Waals surface area contributed by atoms with Crippen LogP contribution in [0, 0.1) is 0 Å². The fraction of sp³-hybridized carbons (Fsp3) is 0.227. The molecule has 2 aromatic rings. The smallest absolute Gasteiger partial charge is 0.266 e. The minimum Gasteiger partial charge on any atom is -0.508 e. The van der Waals surface area contributed by atoms with Crippen molar-refractivity contribution in [3.05, 3.63) is 52.9 Å². The summed E-state index contributed by atoms with van der Waals surface area (Å²) in [6.07, 6.45) is 2.44. The quantitative estimate of drug-likeness (QED) is 0.456. The fourth-order valence-corrected chi connectivity index (χ4v) is 4.30. The number of carbonyl (C=O) groups excluding carboxylic acids is 2. The number of benzene rings is 2. The van der Waals surface area contributed by atoms with Crippen LogP contribution in [0.1, 0.15) is 18.4 Å². The first-order valence-electron chi connectivity index (χ1n) is 9.47. The first-order chi connectivity index (χ1) is 14.9. The third-order valence-corrected chi connectivity index (χ3v) is 5.87. The molecular formula is C22H22N2O5S2. The zero-order chi connectivity index (χ0) is 22.4. The average Bonchev–Trinajstić information content (AvgIpc) is 3.01. The van der Waals surface area contributed by atoms with Gasteiger partial charge in [-0.1, -0.05) is 36.1 Å². The standard InChI is InChI=1S/C22H22N2O5S2/c1-28-17-9-8-14(11-18(17)29-2)12-19-21(27)24(22(30)31-19)10-4-7-20(26)23-15-5-3-6-16(25)13-15/h3,5-6,8-9,11-13,25H,4,7,10H2,1-2H3,(H,23,26)/b19-12-. The Hall–Kier alpha value is -3.04. The van der Waals surface area contributed by atoms with Crippen molar-refractivity contribution < 1.29 is 24.2 Å². The van der Waals surface area contributed by atoms with Crippen LogP contribution in [0.2, 0.25) is 0 Å². The maximum atomic E-state index is 12.8. The number of phenols is 1. The highest BCUT2D eigenvalue weighted by Crippen LogP contribution is 2.34. The largest absolute Gasteiger partial charge is 0.508 e. The zero-order valence-electron chi connectivity index (χ0n) is 17.1. The summed E-state index contributed by atoms with van der Waals surface area (Å²) in [6.45, 7) is 0.349. The molecule has 1 fully saturated rings. The molecule has 3 rings (SSSR count). The highest BCUT2D eigenvalue weighted by atomic mass is 32.2. The Labute approximate surface area is 190 Å². The minimum atomic E-state index is -0.197. The summed E-state index contributed by atoms with van der Waals surface area (Å²) in [5.41, 5.74) is 1.32. The predicted octanol–water partition coefficient (Wildman–Crippen LogP) is 4.03. The predicted molar refractivity (Wildman–Crippen MR) is 125 cm³/mol. The highest BCUT2D eigenvalue weighted by molar-refractivity contribution is 8.26. The van der Waals surface area contributed by atoms with Gasteiger partial charge in [-0.15, -0.1) is 0 Å². The summed E-state index contributed by atoms with van der Waals surface area (Å²) in [6, 6.07) is 11.7. The van der Waals surface area contributed by atoms with Gasteiger partial charge in [0.2, 0.25) is 5.91 Å². The number of hydrogen-bond donors (Lipinski definition) is 2. The van der Waals surface area contributed by atoms with Crippen LogP contribution < -0.4 is 14.8 Å². The van der Waals surface area contributed by atoms with Gasteiger partial charge >= 0.3 is 0 Å². The lowest BCUT2D eigenvalue weighted by Gasteiger charge is -2.14. The highest BCUT2D eigenvalue weighted by Gasteiger charge is 2.31. The number of carbonyl (C=O) groups is 2. The Bertz CT molecular complexity index is 1040. The van der Waals surface area contributed by atoms with Gasteiger partial charge in [0.15, 0.2) is 11.5 Å². The lowest BCUT2D eigenvalue weighted by atomic mass is 10.2. The van der Waals surface area contributed by atoms with Crippen LogP contribution in [0.5, 0.6) is 17.2 Å². The number of anilines is 1. The Morgan fingerprint density at radius 2 is 1.97 bits per heavy atom. The molecule has 7 nitrogen and oxygen atoms in total. The number of phenolic OH excluding ortho intramolecular Hbond substituents is 1. The number of amides is 2. The molecule has 1 aliphatic rings. The lowest BCUT2D eigenvalue weighted by Crippen LogP contribution is -2.29. The summed E-state index contributed by atoms with van der Waals surface area (Å²) in [4.78, 5) is 26.9. The summed E-state index contributed by atoms with van der Waals surface area (Å²) < 4.78 is 11.0. The van der Waals surface area contributed by atoms with Gasteiger partial charge in [-0.25, -0.2) is 0 Å². The van der Waals surface area contributed by atoms with E-state index in [4.69, 9.17) is 21.7 Å². The molecule has 0 radical (unpaired) electrons. The summed E-state index contributed by atoms with van der Waals surface area (Å²) in [7, 11) is 3.12. The van der Waals surface area contributed by atoms with Crippen molar-refractivity contribution in [3.8, 4) is 17.2 Å². The molecule has 0 aromatic heterocycles. The van der Waals surface area contributed by atoms with E-state index in [2.05, 4.69) is 5.32 Å². The van der Waals surface area contributed by atoms with Crippen molar-refractivity contribution >= 4 is 51.9 Å². The van der Waals surface area contributed by atoms with Crippen LogP contribution in [0.25, 0.3) is 6.08 Å². The van der Waals surface area contributed by atoms with E-state index in [-0.39, 0.29) is 24.0 Å². The Morgan fingerprint density at radius 1 is 1.19 bits per heavy atom. The van der Waals surface area contributed by atoms with Gasteiger partial charge < -0.3 is 19.9 Å². The number of hydrogen-bond acceptors (Lipinski definition) is 7. The van der Waals surface area contributed by atoms with E-state index >= 15 is 0 Å². The maximum Gasteiger partial charge on any atom is 0.266 e. The van der Waals surface area contributed by atoms with Gasteiger partial charge in [-0.2, -0.15) is 0 Å². The number of nitrogens with zero attached hydrogens (tertiary/aromatic N) is 1. The number of nitrogens with one attached hydrogen (secondary N) is 1. The maximum absolute atomic E-state index is 12.8. The van der Waals surface area contributed by atoms with Gasteiger partial charge in [-0.05, 0) is 42.3 Å². The van der Waals surface area contributed by atoms with Gasteiger partial charge in [0.05, 0.1) is 19.1 Å². The topological polar surface area (TPSA) is 88.1 Å². The van der Waals surface area contributed by atoms with E-state index in [9.17, 15) is 14.7 Å². The average molecular weight is 459 g/mol. The third kappa shape index (κ3) is 5.77. The van der Waals surface area contributed by atoms with E-state index in [1.165, 1.54) is 28.8 Å². The zero-order valence-corrected chi connectivity index (χ0v) is 18.7. The molecule has 31 heavy (non-hydrogen) atoms. The van der Waals surface area contributed by atoms with Gasteiger partial charge in [0.1, 0.15) is 10.1 Å². The second-order valence-corrected chi connectivity index (χ2v) is 8.33. The van der Waals surface area contributed by atoms with Crippen LogP contribution in [-0.4, -0.2) is 46.9 Å². The van der Waals surface area contributed by atoms with Gasteiger partial charge in [-0.3, -0.25) is 14.5 Å². The van der Waals surface area contributed by atoms with Crippen LogP contribution >= 0.6 is 24.0 Å². The van der Waals surface area contributed by atoms with Gasteiger partial charge in [0.25, 0.3) is 5.91 Å². The molecule has 2 N–H and O–H groups in total. The summed E-state index contributed by atoms with van der Waals surface area (Å²) >= 11 is 6.58. The van der Waals surface area contributed by atoms with E-state index in [0.29, 0.717) is 39.4 Å². The molecule has 2 aromatic carbocycles. The number of thiocarbonyl (C=S) groups is 1. The van der Waals surface area contributed by atoms with Crippen molar-refractivity contribution in [2.75, 3.05) is 26.1 Å². The monoisotopic (exact) mass is 458 g/mol. The van der Waals surface area contributed by atoms with Crippen LogP contribution in [0.3, 0.4) is 0 Å². The molecule has 2 amide bonds. The van der Waals surface area contributed by atoms with E-state index < -0.39 is 0 Å². The first kappa shape index (κ1) is 22.6. The Kier molecular flexibility index (Phi) is 7.54. The molecule has 162 valence electrons. The fourth-order valence-electron chi connectivity index (χ4n) is 2.99. The normalized spacial score (nSPS) is 14.8. The minimum absolute atomic E-state index is 0.0802. The SMILES string of the molecule is COc1ccc(/C=C2\SC(=S)N(CCCC(=O)Nc3cccc(O)c3)C2=O)cc1OC. The molecule has 1 aliphatic heterocycles. The van der Waals surface area contributed by atoms with Crippen molar-refractivity contribution in [1.29, 1.82) is 0 Å². The number of thioether (sulfide) groups is 1. The van der Waals surface area contributed by atoms with Crippen molar-refractivity contribution in [1.82, 2.24) is 4.90 Å². The van der Waals surface area contributed by atoms with E-state index in [0.717, 1.165) is 5.56 Å². The number of methoxy groups -OCH3 is 2. The Balaban J connectivity index is 1.57. The van der Waals surface area contributed by atoms with Gasteiger partial charge in [0, 0.05) is 24.7 Å². The van der Waals surface area contributed by atoms with Crippen molar-refractivity contribution in [3.63, 3.8) is 0 Å².